The molecule has 5 heteroatoms. The van der Waals surface area contributed by atoms with Gasteiger partial charge in [-0.25, -0.2) is 0 Å². The first-order valence-corrected chi connectivity index (χ1v) is 9.52. The van der Waals surface area contributed by atoms with Crippen LogP contribution in [-0.2, 0) is 0 Å². The van der Waals surface area contributed by atoms with Crippen LogP contribution in [0.2, 0.25) is 0 Å². The summed E-state index contributed by atoms with van der Waals surface area (Å²) in [6.45, 7) is 4.09. The topological polar surface area (TPSA) is 48.0 Å². The maximum absolute atomic E-state index is 12.9. The van der Waals surface area contributed by atoms with E-state index < -0.39 is 0 Å². The highest BCUT2D eigenvalue weighted by molar-refractivity contribution is 6.23. The van der Waals surface area contributed by atoms with E-state index in [9.17, 15) is 4.79 Å². The van der Waals surface area contributed by atoms with Gasteiger partial charge in [-0.1, -0.05) is 12.1 Å². The minimum atomic E-state index is -0.0142. The van der Waals surface area contributed by atoms with Gasteiger partial charge in [0.2, 0.25) is 0 Å². The molecule has 27 heavy (non-hydrogen) atoms. The predicted octanol–water partition coefficient (Wildman–Crippen LogP) is 3.78. The molecule has 1 fully saturated rings. The average Bonchev–Trinajstić information content (AvgIpc) is 3.32. The summed E-state index contributed by atoms with van der Waals surface area (Å²) in [5.41, 5.74) is 2.90. The second kappa shape index (κ2) is 7.61. The lowest BCUT2D eigenvalue weighted by molar-refractivity contribution is 0.104. The van der Waals surface area contributed by atoms with Gasteiger partial charge in [-0.3, -0.25) is 4.79 Å². The molecule has 0 radical (unpaired) electrons. The Labute approximate surface area is 159 Å². The number of likely N-dealkylation sites (tertiary alicyclic amines) is 1. The van der Waals surface area contributed by atoms with Crippen molar-refractivity contribution >= 4 is 5.78 Å². The maximum atomic E-state index is 12.9. The highest BCUT2D eigenvalue weighted by Crippen LogP contribution is 2.48. The monoisotopic (exact) mass is 367 g/mol. The van der Waals surface area contributed by atoms with Crippen LogP contribution in [-0.4, -0.2) is 51.1 Å². The molecule has 0 bridgehead atoms. The van der Waals surface area contributed by atoms with E-state index in [0.717, 1.165) is 29.8 Å². The van der Waals surface area contributed by atoms with Gasteiger partial charge in [-0.05, 0) is 44.5 Å². The zero-order valence-corrected chi connectivity index (χ0v) is 15.9. The molecular formula is C22H25NO4. The first-order chi connectivity index (χ1) is 13.2. The van der Waals surface area contributed by atoms with E-state index in [-0.39, 0.29) is 5.78 Å². The Balaban J connectivity index is 1.60. The van der Waals surface area contributed by atoms with Gasteiger partial charge >= 0.3 is 0 Å². The molecule has 0 unspecified atom stereocenters. The number of rotatable bonds is 7. The molecule has 0 spiro atoms. The highest BCUT2D eigenvalue weighted by atomic mass is 16.5. The van der Waals surface area contributed by atoms with Crippen LogP contribution in [0.3, 0.4) is 0 Å². The van der Waals surface area contributed by atoms with E-state index in [2.05, 4.69) is 4.90 Å². The lowest BCUT2D eigenvalue weighted by atomic mass is 10.0. The lowest BCUT2D eigenvalue weighted by Gasteiger charge is -2.16. The van der Waals surface area contributed by atoms with Crippen LogP contribution in [0.5, 0.6) is 17.2 Å². The van der Waals surface area contributed by atoms with Crippen molar-refractivity contribution in [2.45, 2.75) is 19.3 Å². The molecule has 0 aromatic heterocycles. The maximum Gasteiger partial charge on any atom is 0.194 e. The number of hydrogen-bond donors (Lipinski definition) is 0. The third-order valence-electron chi connectivity index (χ3n) is 5.37. The zero-order valence-electron chi connectivity index (χ0n) is 15.9. The first kappa shape index (κ1) is 17.9. The van der Waals surface area contributed by atoms with Gasteiger partial charge in [0.25, 0.3) is 0 Å². The Morgan fingerprint density at radius 1 is 0.963 bits per heavy atom. The van der Waals surface area contributed by atoms with Crippen molar-refractivity contribution in [2.75, 3.05) is 40.5 Å². The summed E-state index contributed by atoms with van der Waals surface area (Å²) in [6.07, 6.45) is 3.58. The second-order valence-corrected chi connectivity index (χ2v) is 7.01. The van der Waals surface area contributed by atoms with Crippen LogP contribution in [0.25, 0.3) is 11.1 Å². The molecule has 0 N–H and O–H groups in total. The Kier molecular flexibility index (Phi) is 5.03. The number of carbonyl (C=O) groups is 1. The number of hydrogen-bond acceptors (Lipinski definition) is 5. The summed E-state index contributed by atoms with van der Waals surface area (Å²) in [4.78, 5) is 15.4. The Morgan fingerprint density at radius 2 is 1.74 bits per heavy atom. The highest BCUT2D eigenvalue weighted by Gasteiger charge is 2.33. The van der Waals surface area contributed by atoms with Gasteiger partial charge in [0.15, 0.2) is 5.78 Å². The largest absolute Gasteiger partial charge is 0.497 e. The van der Waals surface area contributed by atoms with Crippen LogP contribution in [0.4, 0.5) is 0 Å². The molecule has 2 aromatic carbocycles. The van der Waals surface area contributed by atoms with Crippen LogP contribution in [0.1, 0.15) is 35.2 Å². The SMILES string of the molecule is COc1cc(OC)c2c(c1)C(=O)c1cccc(OCCCN3CCCC3)c1-2. The van der Waals surface area contributed by atoms with Gasteiger partial charge in [0.1, 0.15) is 17.2 Å². The van der Waals surface area contributed by atoms with Gasteiger partial charge in [-0.2, -0.15) is 0 Å². The number of ketones is 1. The predicted molar refractivity (Wildman–Crippen MR) is 104 cm³/mol. The summed E-state index contributed by atoms with van der Waals surface area (Å²) in [7, 11) is 3.19. The molecule has 2 aromatic rings. The quantitative estimate of drug-likeness (QED) is 0.595. The molecule has 1 saturated heterocycles. The molecule has 4 rings (SSSR count). The summed E-state index contributed by atoms with van der Waals surface area (Å²) in [5.74, 6) is 1.97. The van der Waals surface area contributed by atoms with Gasteiger partial charge in [0.05, 0.1) is 20.8 Å². The third-order valence-corrected chi connectivity index (χ3v) is 5.37. The fourth-order valence-corrected chi connectivity index (χ4v) is 4.03. The van der Waals surface area contributed by atoms with E-state index in [0.29, 0.717) is 29.2 Å². The molecule has 142 valence electrons. The van der Waals surface area contributed by atoms with E-state index in [1.807, 2.05) is 24.3 Å². The van der Waals surface area contributed by atoms with E-state index in [1.54, 1.807) is 20.3 Å². The number of nitrogens with zero attached hydrogens (tertiary/aromatic N) is 1. The van der Waals surface area contributed by atoms with Crippen LogP contribution in [0, 0.1) is 0 Å². The van der Waals surface area contributed by atoms with Gasteiger partial charge in [-0.15, -0.1) is 0 Å². The Bertz CT molecular complexity index is 856. The lowest BCUT2D eigenvalue weighted by Crippen LogP contribution is -2.21. The van der Waals surface area contributed by atoms with Crippen LogP contribution < -0.4 is 14.2 Å². The van der Waals surface area contributed by atoms with Crippen molar-refractivity contribution in [1.82, 2.24) is 4.90 Å². The number of methoxy groups -OCH3 is 2. The molecule has 1 aliphatic carbocycles. The third kappa shape index (κ3) is 3.28. The summed E-state index contributed by atoms with van der Waals surface area (Å²) >= 11 is 0. The van der Waals surface area contributed by atoms with Crippen molar-refractivity contribution in [2.24, 2.45) is 0 Å². The van der Waals surface area contributed by atoms with E-state index in [4.69, 9.17) is 14.2 Å². The molecule has 0 atom stereocenters. The molecule has 1 heterocycles. The van der Waals surface area contributed by atoms with E-state index in [1.165, 1.54) is 25.9 Å². The zero-order chi connectivity index (χ0) is 18.8. The molecule has 1 aliphatic heterocycles. The molecule has 0 amide bonds. The fourth-order valence-electron chi connectivity index (χ4n) is 4.03. The van der Waals surface area contributed by atoms with E-state index >= 15 is 0 Å². The van der Waals surface area contributed by atoms with Crippen molar-refractivity contribution in [1.29, 1.82) is 0 Å². The number of ether oxygens (including phenoxy) is 3. The van der Waals surface area contributed by atoms with Crippen molar-refractivity contribution in [3.8, 4) is 28.4 Å². The number of carbonyl (C=O) groups excluding carboxylic acids is 1. The van der Waals surface area contributed by atoms with Crippen LogP contribution in [0.15, 0.2) is 30.3 Å². The molecule has 2 aliphatic rings. The normalized spacial score (nSPS) is 15.6. The average molecular weight is 367 g/mol. The number of fused-ring (bicyclic) bond motifs is 3. The van der Waals surface area contributed by atoms with Crippen molar-refractivity contribution < 1.29 is 19.0 Å². The second-order valence-electron chi connectivity index (χ2n) is 7.01. The fraction of sp³-hybridized carbons (Fsp3) is 0.409. The van der Waals surface area contributed by atoms with Crippen molar-refractivity contribution in [3.63, 3.8) is 0 Å². The van der Waals surface area contributed by atoms with Gasteiger partial charge in [0, 0.05) is 34.9 Å². The Hall–Kier alpha value is -2.53. The summed E-state index contributed by atoms with van der Waals surface area (Å²) in [5, 5.41) is 0. The van der Waals surface area contributed by atoms with Crippen LogP contribution >= 0.6 is 0 Å². The molecule has 0 saturated carbocycles. The van der Waals surface area contributed by atoms with Crippen molar-refractivity contribution in [3.05, 3.63) is 41.5 Å². The first-order valence-electron chi connectivity index (χ1n) is 9.52. The van der Waals surface area contributed by atoms with Gasteiger partial charge < -0.3 is 19.1 Å². The molecular weight excluding hydrogens is 342 g/mol. The minimum Gasteiger partial charge on any atom is -0.497 e. The molecule has 5 nitrogen and oxygen atoms in total. The minimum absolute atomic E-state index is 0.0142. The smallest absolute Gasteiger partial charge is 0.194 e. The summed E-state index contributed by atoms with van der Waals surface area (Å²) < 4.78 is 17.0. The standard InChI is InChI=1S/C22H25NO4/c1-25-15-13-17-21(19(14-15)26-2)20-16(22(17)24)7-5-8-18(20)27-12-6-11-23-9-3-4-10-23/h5,7-8,13-14H,3-4,6,9-12H2,1-2H3. The Morgan fingerprint density at radius 3 is 2.48 bits per heavy atom. The number of benzene rings is 2. The summed E-state index contributed by atoms with van der Waals surface area (Å²) in [6, 6.07) is 9.24.